The Labute approximate surface area is 133 Å². The number of anilines is 2. The first-order valence-corrected chi connectivity index (χ1v) is 8.53. The van der Waals surface area contributed by atoms with E-state index in [2.05, 4.69) is 24.8 Å². The molecule has 2 aliphatic heterocycles. The van der Waals surface area contributed by atoms with Gasteiger partial charge in [0, 0.05) is 37.1 Å². The van der Waals surface area contributed by atoms with Gasteiger partial charge in [0.2, 0.25) is 5.95 Å². The van der Waals surface area contributed by atoms with E-state index < -0.39 is 0 Å². The van der Waals surface area contributed by atoms with Crippen LogP contribution in [0.25, 0.3) is 0 Å². The molecular weight excluding hydrogens is 298 g/mol. The van der Waals surface area contributed by atoms with Gasteiger partial charge in [0.15, 0.2) is 5.13 Å². The third-order valence-electron chi connectivity index (χ3n) is 4.31. The lowest BCUT2D eigenvalue weighted by Crippen LogP contribution is -2.60. The Morgan fingerprint density at radius 3 is 2.73 bits per heavy atom. The minimum atomic E-state index is -0.138. The van der Waals surface area contributed by atoms with Crippen molar-refractivity contribution in [2.75, 3.05) is 42.6 Å². The molecule has 22 heavy (non-hydrogen) atoms. The molecule has 1 unspecified atom stereocenters. The largest absolute Gasteiger partial charge is 0.369 e. The molecule has 0 saturated carbocycles. The number of thiazole rings is 1. The molecule has 2 aromatic rings. The Bertz CT molecular complexity index is 604. The summed E-state index contributed by atoms with van der Waals surface area (Å²) in [5.41, 5.74) is -0.138. The van der Waals surface area contributed by atoms with E-state index in [1.165, 1.54) is 0 Å². The standard InChI is InChI=1S/C15H19N5OS/c1-3-15(11-19(7-1)13-16-4-2-5-17-13)12-20(8-9-21-15)14-18-6-10-22-14/h2,4-6,10H,1,3,7-9,11-12H2. The fraction of sp³-hybridized carbons (Fsp3) is 0.533. The molecule has 1 atom stereocenters. The first-order chi connectivity index (χ1) is 10.8. The molecular formula is C15H19N5OS. The van der Waals surface area contributed by atoms with Crippen molar-refractivity contribution < 1.29 is 4.74 Å². The highest BCUT2D eigenvalue weighted by Gasteiger charge is 2.41. The normalized spacial score (nSPS) is 25.6. The number of ether oxygens (including phenoxy) is 1. The third-order valence-corrected chi connectivity index (χ3v) is 5.14. The van der Waals surface area contributed by atoms with E-state index in [4.69, 9.17) is 4.74 Å². The van der Waals surface area contributed by atoms with E-state index in [0.29, 0.717) is 0 Å². The van der Waals surface area contributed by atoms with Crippen LogP contribution in [0.1, 0.15) is 12.8 Å². The van der Waals surface area contributed by atoms with Crippen molar-refractivity contribution in [1.29, 1.82) is 0 Å². The predicted molar refractivity (Wildman–Crippen MR) is 86.5 cm³/mol. The summed E-state index contributed by atoms with van der Waals surface area (Å²) in [4.78, 5) is 17.8. The summed E-state index contributed by atoms with van der Waals surface area (Å²) in [5, 5.41) is 3.12. The van der Waals surface area contributed by atoms with Crippen LogP contribution in [0.3, 0.4) is 0 Å². The van der Waals surface area contributed by atoms with Crippen LogP contribution in [0.15, 0.2) is 30.0 Å². The van der Waals surface area contributed by atoms with E-state index in [1.54, 1.807) is 23.7 Å². The first kappa shape index (κ1) is 13.9. The van der Waals surface area contributed by atoms with E-state index in [9.17, 15) is 0 Å². The number of rotatable bonds is 2. The molecule has 2 fully saturated rings. The van der Waals surface area contributed by atoms with Crippen molar-refractivity contribution in [3.05, 3.63) is 30.0 Å². The predicted octanol–water partition coefficient (Wildman–Crippen LogP) is 1.81. The Morgan fingerprint density at radius 2 is 1.91 bits per heavy atom. The average molecular weight is 317 g/mol. The summed E-state index contributed by atoms with van der Waals surface area (Å²) in [6, 6.07) is 1.85. The molecule has 2 aliphatic rings. The Kier molecular flexibility index (Phi) is 3.67. The zero-order valence-electron chi connectivity index (χ0n) is 12.4. The monoisotopic (exact) mass is 317 g/mol. The van der Waals surface area contributed by atoms with Gasteiger partial charge in [-0.05, 0) is 18.9 Å². The molecule has 1 spiro atoms. The van der Waals surface area contributed by atoms with Crippen molar-refractivity contribution in [2.24, 2.45) is 0 Å². The zero-order chi connectivity index (χ0) is 14.8. The molecule has 116 valence electrons. The fourth-order valence-electron chi connectivity index (χ4n) is 3.35. The lowest BCUT2D eigenvalue weighted by Gasteiger charge is -2.48. The minimum absolute atomic E-state index is 0.138. The molecule has 0 radical (unpaired) electrons. The fourth-order valence-corrected chi connectivity index (χ4v) is 4.02. The second-order valence-corrected chi connectivity index (χ2v) is 6.71. The number of morpholine rings is 1. The maximum atomic E-state index is 6.22. The van der Waals surface area contributed by atoms with Crippen molar-refractivity contribution in [2.45, 2.75) is 18.4 Å². The summed E-state index contributed by atoms with van der Waals surface area (Å²) in [5.74, 6) is 0.802. The lowest BCUT2D eigenvalue weighted by molar-refractivity contribution is -0.0631. The van der Waals surface area contributed by atoms with Crippen molar-refractivity contribution in [3.8, 4) is 0 Å². The van der Waals surface area contributed by atoms with Crippen LogP contribution in [-0.2, 0) is 4.74 Å². The van der Waals surface area contributed by atoms with E-state index in [-0.39, 0.29) is 5.60 Å². The van der Waals surface area contributed by atoms with Gasteiger partial charge >= 0.3 is 0 Å². The van der Waals surface area contributed by atoms with Crippen LogP contribution in [-0.4, -0.2) is 53.3 Å². The van der Waals surface area contributed by atoms with E-state index in [0.717, 1.165) is 56.7 Å². The van der Waals surface area contributed by atoms with Crippen LogP contribution in [0.2, 0.25) is 0 Å². The van der Waals surface area contributed by atoms with Crippen molar-refractivity contribution in [1.82, 2.24) is 15.0 Å². The minimum Gasteiger partial charge on any atom is -0.369 e. The second kappa shape index (κ2) is 5.81. The highest BCUT2D eigenvalue weighted by Crippen LogP contribution is 2.32. The number of nitrogens with zero attached hydrogens (tertiary/aromatic N) is 5. The van der Waals surface area contributed by atoms with Crippen LogP contribution in [0.5, 0.6) is 0 Å². The van der Waals surface area contributed by atoms with Gasteiger partial charge in [0.1, 0.15) is 5.60 Å². The van der Waals surface area contributed by atoms with Gasteiger partial charge in [-0.2, -0.15) is 0 Å². The van der Waals surface area contributed by atoms with Gasteiger partial charge in [-0.1, -0.05) is 0 Å². The lowest BCUT2D eigenvalue weighted by atomic mass is 9.91. The summed E-state index contributed by atoms with van der Waals surface area (Å²) in [6.07, 6.45) is 7.65. The molecule has 2 saturated heterocycles. The summed E-state index contributed by atoms with van der Waals surface area (Å²) in [7, 11) is 0. The molecule has 0 amide bonds. The second-order valence-electron chi connectivity index (χ2n) is 5.84. The van der Waals surface area contributed by atoms with Gasteiger partial charge in [-0.15, -0.1) is 11.3 Å². The summed E-state index contributed by atoms with van der Waals surface area (Å²) < 4.78 is 6.22. The number of hydrogen-bond acceptors (Lipinski definition) is 7. The quantitative estimate of drug-likeness (QED) is 0.842. The van der Waals surface area contributed by atoms with Crippen LogP contribution in [0, 0.1) is 0 Å². The van der Waals surface area contributed by atoms with Gasteiger partial charge in [0.05, 0.1) is 19.7 Å². The van der Waals surface area contributed by atoms with Crippen LogP contribution in [0.4, 0.5) is 11.1 Å². The van der Waals surface area contributed by atoms with Crippen molar-refractivity contribution >= 4 is 22.4 Å². The molecule has 0 aliphatic carbocycles. The maximum Gasteiger partial charge on any atom is 0.225 e. The molecule has 6 nitrogen and oxygen atoms in total. The highest BCUT2D eigenvalue weighted by molar-refractivity contribution is 7.13. The van der Waals surface area contributed by atoms with Crippen LogP contribution >= 0.6 is 11.3 Å². The SMILES string of the molecule is c1cnc(N2CCCC3(C2)CN(c2nccs2)CCO3)nc1. The average Bonchev–Trinajstić information content (AvgIpc) is 3.10. The Morgan fingerprint density at radius 1 is 1.05 bits per heavy atom. The summed E-state index contributed by atoms with van der Waals surface area (Å²) in [6.45, 7) is 4.40. The highest BCUT2D eigenvalue weighted by atomic mass is 32.1. The number of hydrogen-bond donors (Lipinski definition) is 0. The first-order valence-electron chi connectivity index (χ1n) is 7.65. The van der Waals surface area contributed by atoms with E-state index >= 15 is 0 Å². The molecule has 4 rings (SSSR count). The van der Waals surface area contributed by atoms with Gasteiger partial charge in [0.25, 0.3) is 0 Å². The Hall–Kier alpha value is -1.73. The zero-order valence-corrected chi connectivity index (χ0v) is 13.2. The Balaban J connectivity index is 1.53. The molecule has 2 aromatic heterocycles. The van der Waals surface area contributed by atoms with Crippen LogP contribution < -0.4 is 9.80 Å². The molecule has 0 aromatic carbocycles. The van der Waals surface area contributed by atoms with Gasteiger partial charge < -0.3 is 14.5 Å². The number of aromatic nitrogens is 3. The van der Waals surface area contributed by atoms with E-state index in [1.807, 2.05) is 17.6 Å². The third kappa shape index (κ3) is 2.66. The molecule has 7 heteroatoms. The molecule has 0 bridgehead atoms. The maximum absolute atomic E-state index is 6.22. The number of piperidine rings is 1. The smallest absolute Gasteiger partial charge is 0.225 e. The molecule has 0 N–H and O–H groups in total. The molecule has 4 heterocycles. The van der Waals surface area contributed by atoms with Gasteiger partial charge in [-0.25, -0.2) is 15.0 Å². The van der Waals surface area contributed by atoms with Crippen molar-refractivity contribution in [3.63, 3.8) is 0 Å². The van der Waals surface area contributed by atoms with Gasteiger partial charge in [-0.3, -0.25) is 0 Å². The topological polar surface area (TPSA) is 54.4 Å². The summed E-state index contributed by atoms with van der Waals surface area (Å²) >= 11 is 1.69.